The topological polar surface area (TPSA) is 126 Å². The molecule has 1 aliphatic rings. The molecule has 10 nitrogen and oxygen atoms in total. The highest BCUT2D eigenvalue weighted by Crippen LogP contribution is 2.39. The fourth-order valence-electron chi connectivity index (χ4n) is 3.51. The minimum atomic E-state index is -0.248. The fraction of sp³-hybridized carbons (Fsp3) is 0.227. The van der Waals surface area contributed by atoms with E-state index < -0.39 is 0 Å². The van der Waals surface area contributed by atoms with E-state index in [1.54, 1.807) is 43.1 Å². The maximum absolute atomic E-state index is 12.6. The zero-order valence-electron chi connectivity index (χ0n) is 18.0. The lowest BCUT2D eigenvalue weighted by atomic mass is 10.2. The van der Waals surface area contributed by atoms with Crippen LogP contribution in [0.3, 0.4) is 0 Å². The van der Waals surface area contributed by atoms with Crippen molar-refractivity contribution in [1.29, 1.82) is 0 Å². The average molecular weight is 465 g/mol. The first-order chi connectivity index (χ1) is 16.0. The Kier molecular flexibility index (Phi) is 5.21. The molecule has 3 N–H and O–H groups in total. The lowest BCUT2D eigenvalue weighted by Gasteiger charge is -2.11. The summed E-state index contributed by atoms with van der Waals surface area (Å²) in [5, 5.41) is 7.78. The molecule has 1 fully saturated rings. The predicted octanol–water partition coefficient (Wildman–Crippen LogP) is 3.07. The van der Waals surface area contributed by atoms with Gasteiger partial charge in [0.05, 0.1) is 11.9 Å². The Bertz CT molecular complexity index is 1440. The van der Waals surface area contributed by atoms with Crippen LogP contribution < -0.4 is 21.3 Å². The Hall–Kier alpha value is -3.92. The molecule has 1 aliphatic carbocycles. The summed E-state index contributed by atoms with van der Waals surface area (Å²) in [6.07, 6.45) is 6.59. The Morgan fingerprint density at radius 3 is 2.82 bits per heavy atom. The van der Waals surface area contributed by atoms with Crippen molar-refractivity contribution in [3.63, 3.8) is 0 Å². The van der Waals surface area contributed by atoms with Crippen molar-refractivity contribution in [3.8, 4) is 5.75 Å². The standard InChI is InChI=1S/C22H21ClN8O2/c1-30-19-18(23)17(33-16(10-24)13-5-3-4-8-25-13)11-26-20(19)28-22(30)27-15-9-14(12-6-7-12)29-31(2)21(15)32/h3-5,8-12H,6-7,24H2,1-2H3,(H,26,27,28)/b16-10+. The molecule has 0 aliphatic heterocycles. The number of pyridine rings is 2. The van der Waals surface area contributed by atoms with Crippen LogP contribution in [0.25, 0.3) is 16.9 Å². The number of rotatable bonds is 6. The van der Waals surface area contributed by atoms with Gasteiger partial charge < -0.3 is 20.4 Å². The van der Waals surface area contributed by atoms with Crippen molar-refractivity contribution in [2.24, 2.45) is 19.8 Å². The quantitative estimate of drug-likeness (QED) is 0.417. The van der Waals surface area contributed by atoms with Gasteiger partial charge in [0.1, 0.15) is 21.9 Å². The minimum Gasteiger partial charge on any atom is -0.450 e. The monoisotopic (exact) mass is 464 g/mol. The van der Waals surface area contributed by atoms with E-state index in [1.165, 1.54) is 17.1 Å². The highest BCUT2D eigenvalue weighted by Gasteiger charge is 2.27. The summed E-state index contributed by atoms with van der Waals surface area (Å²) < 4.78 is 8.98. The van der Waals surface area contributed by atoms with Gasteiger partial charge in [0.15, 0.2) is 17.2 Å². The number of fused-ring (bicyclic) bond motifs is 1. The van der Waals surface area contributed by atoms with Gasteiger partial charge in [-0.25, -0.2) is 9.67 Å². The van der Waals surface area contributed by atoms with E-state index in [4.69, 9.17) is 22.1 Å². The number of aryl methyl sites for hydroxylation is 2. The van der Waals surface area contributed by atoms with Gasteiger partial charge >= 0.3 is 0 Å². The van der Waals surface area contributed by atoms with Crippen LogP contribution in [0.1, 0.15) is 30.1 Å². The molecule has 0 saturated heterocycles. The second-order valence-electron chi connectivity index (χ2n) is 7.76. The Morgan fingerprint density at radius 2 is 2.12 bits per heavy atom. The number of nitrogens with one attached hydrogen (secondary N) is 1. The van der Waals surface area contributed by atoms with Gasteiger partial charge in [-0.15, -0.1) is 0 Å². The number of nitrogens with zero attached hydrogens (tertiary/aromatic N) is 6. The molecule has 168 valence electrons. The van der Waals surface area contributed by atoms with Crippen molar-refractivity contribution in [2.45, 2.75) is 18.8 Å². The number of ether oxygens (including phenoxy) is 1. The minimum absolute atomic E-state index is 0.248. The summed E-state index contributed by atoms with van der Waals surface area (Å²) in [7, 11) is 3.42. The second-order valence-corrected chi connectivity index (χ2v) is 8.14. The summed E-state index contributed by atoms with van der Waals surface area (Å²) in [5.41, 5.74) is 8.29. The first-order valence-corrected chi connectivity index (χ1v) is 10.7. The zero-order valence-corrected chi connectivity index (χ0v) is 18.7. The first kappa shape index (κ1) is 21.0. The summed E-state index contributed by atoms with van der Waals surface area (Å²) in [4.78, 5) is 25.7. The molecule has 33 heavy (non-hydrogen) atoms. The molecule has 11 heteroatoms. The van der Waals surface area contributed by atoms with Crippen LogP contribution in [0.15, 0.2) is 47.7 Å². The molecule has 4 aromatic heterocycles. The Morgan fingerprint density at radius 1 is 1.30 bits per heavy atom. The molecular formula is C22H21ClN8O2. The molecule has 0 radical (unpaired) electrons. The van der Waals surface area contributed by atoms with Gasteiger partial charge in [0.2, 0.25) is 5.95 Å². The van der Waals surface area contributed by atoms with E-state index in [0.717, 1.165) is 18.5 Å². The van der Waals surface area contributed by atoms with Crippen molar-refractivity contribution in [1.82, 2.24) is 29.3 Å². The molecule has 0 amide bonds. The second kappa shape index (κ2) is 8.21. The van der Waals surface area contributed by atoms with Gasteiger partial charge in [-0.1, -0.05) is 17.7 Å². The Balaban J connectivity index is 1.50. The molecular weight excluding hydrogens is 444 g/mol. The van der Waals surface area contributed by atoms with Crippen molar-refractivity contribution >= 4 is 40.2 Å². The average Bonchev–Trinajstić information content (AvgIpc) is 3.62. The largest absolute Gasteiger partial charge is 0.450 e. The van der Waals surface area contributed by atoms with Gasteiger partial charge in [-0.3, -0.25) is 9.78 Å². The van der Waals surface area contributed by atoms with Crippen molar-refractivity contribution in [2.75, 3.05) is 5.32 Å². The molecule has 4 aromatic rings. The summed E-state index contributed by atoms with van der Waals surface area (Å²) in [6.45, 7) is 0. The van der Waals surface area contributed by atoms with E-state index >= 15 is 0 Å². The van der Waals surface area contributed by atoms with Crippen LogP contribution >= 0.6 is 11.6 Å². The van der Waals surface area contributed by atoms with Crippen molar-refractivity contribution in [3.05, 3.63) is 69.6 Å². The van der Waals surface area contributed by atoms with Crippen LogP contribution in [0.4, 0.5) is 11.6 Å². The maximum atomic E-state index is 12.6. The smallest absolute Gasteiger partial charge is 0.290 e. The lowest BCUT2D eigenvalue weighted by molar-refractivity contribution is 0.509. The van der Waals surface area contributed by atoms with Crippen LogP contribution in [0, 0.1) is 0 Å². The molecule has 0 atom stereocenters. The molecule has 0 bridgehead atoms. The van der Waals surface area contributed by atoms with E-state index in [1.807, 2.05) is 6.07 Å². The van der Waals surface area contributed by atoms with E-state index in [0.29, 0.717) is 50.9 Å². The number of anilines is 2. The number of imidazole rings is 1. The number of hydrogen-bond donors (Lipinski definition) is 2. The van der Waals surface area contributed by atoms with Gasteiger partial charge in [-0.2, -0.15) is 10.1 Å². The number of halogens is 1. The summed E-state index contributed by atoms with van der Waals surface area (Å²) in [5.74, 6) is 1.46. The maximum Gasteiger partial charge on any atom is 0.290 e. The Labute approximate surface area is 193 Å². The molecule has 0 spiro atoms. The summed E-state index contributed by atoms with van der Waals surface area (Å²) >= 11 is 6.67. The van der Waals surface area contributed by atoms with Crippen LogP contribution in [0.5, 0.6) is 5.75 Å². The molecule has 1 saturated carbocycles. The van der Waals surface area contributed by atoms with Crippen LogP contribution in [-0.2, 0) is 14.1 Å². The fourth-order valence-corrected chi connectivity index (χ4v) is 3.81. The van der Waals surface area contributed by atoms with Crippen LogP contribution in [0.2, 0.25) is 5.02 Å². The summed E-state index contributed by atoms with van der Waals surface area (Å²) in [6, 6.07) is 7.19. The highest BCUT2D eigenvalue weighted by molar-refractivity contribution is 6.36. The van der Waals surface area contributed by atoms with Gasteiger partial charge in [0.25, 0.3) is 5.56 Å². The van der Waals surface area contributed by atoms with Gasteiger partial charge in [0, 0.05) is 32.4 Å². The normalized spacial score (nSPS) is 14.0. The van der Waals surface area contributed by atoms with E-state index in [9.17, 15) is 4.79 Å². The number of aromatic nitrogens is 6. The third-order valence-electron chi connectivity index (χ3n) is 5.42. The number of nitrogens with two attached hydrogens (primary N) is 1. The number of hydrogen-bond acceptors (Lipinski definition) is 8. The van der Waals surface area contributed by atoms with Crippen LogP contribution in [-0.4, -0.2) is 29.3 Å². The SMILES string of the molecule is Cn1nc(C2CC2)cc(Nc2nc3ncc(O/C(=C/N)c4ccccn4)c(Cl)c3n2C)c1=O. The molecule has 0 unspecified atom stereocenters. The molecule has 5 rings (SSSR count). The van der Waals surface area contributed by atoms with E-state index in [-0.39, 0.29) is 5.56 Å². The lowest BCUT2D eigenvalue weighted by Crippen LogP contribution is -2.23. The van der Waals surface area contributed by atoms with Gasteiger partial charge in [-0.05, 0) is 31.0 Å². The molecule has 0 aromatic carbocycles. The van der Waals surface area contributed by atoms with Crippen molar-refractivity contribution < 1.29 is 4.74 Å². The predicted molar refractivity (Wildman–Crippen MR) is 125 cm³/mol. The third-order valence-corrected chi connectivity index (χ3v) is 5.78. The third kappa shape index (κ3) is 3.89. The van der Waals surface area contributed by atoms with E-state index in [2.05, 4.69) is 25.4 Å². The molecule has 4 heterocycles. The highest BCUT2D eigenvalue weighted by atomic mass is 35.5. The first-order valence-electron chi connectivity index (χ1n) is 10.3. The zero-order chi connectivity index (χ0) is 23.1.